The summed E-state index contributed by atoms with van der Waals surface area (Å²) in [6.45, 7) is 0.612. The molecule has 0 saturated carbocycles. The third-order valence-electron chi connectivity index (χ3n) is 2.91. The standard InChI is InChI=1S/C14H22N2OS2/c1-16(14(17)13(15)8-9-18-2)10-11-4-6-12(19-3)7-5-11/h4-7,13H,8-10,15H2,1-3H3/t13-/m0/s1. The zero-order valence-corrected chi connectivity index (χ0v) is 13.4. The first kappa shape index (κ1) is 16.4. The smallest absolute Gasteiger partial charge is 0.239 e. The molecule has 1 aromatic rings. The topological polar surface area (TPSA) is 46.3 Å². The summed E-state index contributed by atoms with van der Waals surface area (Å²) in [5.41, 5.74) is 7.03. The number of nitrogens with zero attached hydrogens (tertiary/aromatic N) is 1. The average molecular weight is 298 g/mol. The van der Waals surface area contributed by atoms with Crippen LogP contribution in [0.3, 0.4) is 0 Å². The molecule has 0 spiro atoms. The molecule has 1 rings (SSSR count). The molecule has 0 unspecified atom stereocenters. The normalized spacial score (nSPS) is 12.2. The van der Waals surface area contributed by atoms with E-state index in [0.717, 1.165) is 17.7 Å². The van der Waals surface area contributed by atoms with Crippen LogP contribution in [0.5, 0.6) is 0 Å². The molecule has 19 heavy (non-hydrogen) atoms. The highest BCUT2D eigenvalue weighted by Gasteiger charge is 2.17. The maximum atomic E-state index is 12.1. The molecule has 5 heteroatoms. The second-order valence-corrected chi connectivity index (χ2v) is 6.30. The summed E-state index contributed by atoms with van der Waals surface area (Å²) in [5.74, 6) is 0.936. The Bertz CT molecular complexity index is 395. The van der Waals surface area contributed by atoms with Gasteiger partial charge in [-0.25, -0.2) is 0 Å². The molecule has 3 nitrogen and oxygen atoms in total. The quantitative estimate of drug-likeness (QED) is 0.786. The molecule has 0 aliphatic heterocycles. The van der Waals surface area contributed by atoms with Crippen molar-refractivity contribution in [2.75, 3.05) is 25.3 Å². The van der Waals surface area contributed by atoms with Crippen molar-refractivity contribution < 1.29 is 4.79 Å². The highest BCUT2D eigenvalue weighted by Crippen LogP contribution is 2.15. The van der Waals surface area contributed by atoms with Crippen molar-refractivity contribution in [1.82, 2.24) is 4.90 Å². The van der Waals surface area contributed by atoms with Crippen molar-refractivity contribution in [3.8, 4) is 0 Å². The molecular weight excluding hydrogens is 276 g/mol. The van der Waals surface area contributed by atoms with Crippen LogP contribution < -0.4 is 5.73 Å². The summed E-state index contributed by atoms with van der Waals surface area (Å²) in [4.78, 5) is 15.0. The SMILES string of the molecule is CSCC[C@H](N)C(=O)N(C)Cc1ccc(SC)cc1. The lowest BCUT2D eigenvalue weighted by Crippen LogP contribution is -2.41. The van der Waals surface area contributed by atoms with Gasteiger partial charge in [-0.3, -0.25) is 4.79 Å². The van der Waals surface area contributed by atoms with Gasteiger partial charge in [0.15, 0.2) is 0 Å². The number of carbonyl (C=O) groups excluding carboxylic acids is 1. The van der Waals surface area contributed by atoms with Crippen LogP contribution in [0.2, 0.25) is 0 Å². The molecule has 0 bridgehead atoms. The highest BCUT2D eigenvalue weighted by atomic mass is 32.2. The molecule has 2 N–H and O–H groups in total. The van der Waals surface area contributed by atoms with Crippen molar-refractivity contribution >= 4 is 29.4 Å². The molecule has 1 aromatic carbocycles. The van der Waals surface area contributed by atoms with Crippen molar-refractivity contribution in [3.63, 3.8) is 0 Å². The molecule has 0 saturated heterocycles. The van der Waals surface area contributed by atoms with E-state index >= 15 is 0 Å². The summed E-state index contributed by atoms with van der Waals surface area (Å²) in [6.07, 6.45) is 4.80. The predicted molar refractivity (Wildman–Crippen MR) is 85.7 cm³/mol. The third-order valence-corrected chi connectivity index (χ3v) is 4.29. The van der Waals surface area contributed by atoms with E-state index in [9.17, 15) is 4.79 Å². The molecule has 0 radical (unpaired) electrons. The van der Waals surface area contributed by atoms with Gasteiger partial charge in [-0.1, -0.05) is 12.1 Å². The number of likely N-dealkylation sites (N-methyl/N-ethyl adjacent to an activating group) is 1. The number of hydrogen-bond acceptors (Lipinski definition) is 4. The maximum absolute atomic E-state index is 12.1. The Kier molecular flexibility index (Phi) is 7.34. The Balaban J connectivity index is 2.52. The van der Waals surface area contributed by atoms with Crippen LogP contribution in [-0.2, 0) is 11.3 Å². The summed E-state index contributed by atoms with van der Waals surface area (Å²) >= 11 is 3.43. The average Bonchev–Trinajstić information content (AvgIpc) is 2.44. The van der Waals surface area contributed by atoms with E-state index in [1.54, 1.807) is 28.4 Å². The van der Waals surface area contributed by atoms with Crippen LogP contribution in [0.4, 0.5) is 0 Å². The number of hydrogen-bond donors (Lipinski definition) is 1. The summed E-state index contributed by atoms with van der Waals surface area (Å²) in [6, 6.07) is 7.88. The van der Waals surface area contributed by atoms with Gasteiger partial charge in [0.25, 0.3) is 0 Å². The van der Waals surface area contributed by atoms with Crippen molar-refractivity contribution in [2.24, 2.45) is 5.73 Å². The predicted octanol–water partition coefficient (Wildman–Crippen LogP) is 2.45. The van der Waals surface area contributed by atoms with E-state index in [-0.39, 0.29) is 11.9 Å². The van der Waals surface area contributed by atoms with Crippen LogP contribution in [0.1, 0.15) is 12.0 Å². The lowest BCUT2D eigenvalue weighted by molar-refractivity contribution is -0.131. The summed E-state index contributed by atoms with van der Waals surface area (Å²) < 4.78 is 0. The van der Waals surface area contributed by atoms with Crippen LogP contribution in [0.25, 0.3) is 0 Å². The number of rotatable bonds is 7. The Hall–Kier alpha value is -0.650. The number of carbonyl (C=O) groups is 1. The minimum Gasteiger partial charge on any atom is -0.340 e. The van der Waals surface area contributed by atoms with Crippen LogP contribution >= 0.6 is 23.5 Å². The molecular formula is C14H22N2OS2. The minimum absolute atomic E-state index is 0.0167. The van der Waals surface area contributed by atoms with Crippen molar-refractivity contribution in [2.45, 2.75) is 23.9 Å². The summed E-state index contributed by atoms with van der Waals surface area (Å²) in [7, 11) is 1.81. The fourth-order valence-electron chi connectivity index (χ4n) is 1.73. The van der Waals surface area contributed by atoms with E-state index in [0.29, 0.717) is 6.54 Å². The van der Waals surface area contributed by atoms with Gasteiger partial charge >= 0.3 is 0 Å². The highest BCUT2D eigenvalue weighted by molar-refractivity contribution is 7.98. The van der Waals surface area contributed by atoms with Crippen LogP contribution in [0, 0.1) is 0 Å². The van der Waals surface area contributed by atoms with Gasteiger partial charge in [0.05, 0.1) is 6.04 Å². The molecule has 0 heterocycles. The van der Waals surface area contributed by atoms with Crippen LogP contribution in [0.15, 0.2) is 29.2 Å². The third kappa shape index (κ3) is 5.47. The first-order valence-corrected chi connectivity index (χ1v) is 8.82. The van der Waals surface area contributed by atoms with Gasteiger partial charge in [0.2, 0.25) is 5.91 Å². The van der Waals surface area contributed by atoms with E-state index in [4.69, 9.17) is 5.73 Å². The molecule has 106 valence electrons. The number of nitrogens with two attached hydrogens (primary N) is 1. The molecule has 0 aliphatic carbocycles. The summed E-state index contributed by atoms with van der Waals surface area (Å²) in [5, 5.41) is 0. The second kappa shape index (κ2) is 8.51. The van der Waals surface area contributed by atoms with Gasteiger partial charge in [0.1, 0.15) is 0 Å². The van der Waals surface area contributed by atoms with Crippen LogP contribution in [-0.4, -0.2) is 42.2 Å². The zero-order chi connectivity index (χ0) is 14.3. The van der Waals surface area contributed by atoms with Gasteiger partial charge in [0, 0.05) is 18.5 Å². The maximum Gasteiger partial charge on any atom is 0.239 e. The van der Waals surface area contributed by atoms with E-state index in [1.165, 1.54) is 4.90 Å². The largest absolute Gasteiger partial charge is 0.340 e. The first-order chi connectivity index (χ1) is 9.08. The Morgan fingerprint density at radius 1 is 1.32 bits per heavy atom. The number of thioether (sulfide) groups is 2. The van der Waals surface area contributed by atoms with Gasteiger partial charge in [-0.15, -0.1) is 11.8 Å². The lowest BCUT2D eigenvalue weighted by Gasteiger charge is -2.21. The monoisotopic (exact) mass is 298 g/mol. The van der Waals surface area contributed by atoms with Gasteiger partial charge in [-0.05, 0) is 42.4 Å². The fraction of sp³-hybridized carbons (Fsp3) is 0.500. The van der Waals surface area contributed by atoms with Crippen molar-refractivity contribution in [3.05, 3.63) is 29.8 Å². The zero-order valence-electron chi connectivity index (χ0n) is 11.8. The van der Waals surface area contributed by atoms with Crippen molar-refractivity contribution in [1.29, 1.82) is 0 Å². The van der Waals surface area contributed by atoms with E-state index in [2.05, 4.69) is 30.5 Å². The molecule has 1 amide bonds. The Morgan fingerprint density at radius 3 is 2.47 bits per heavy atom. The molecule has 0 aromatic heterocycles. The fourth-order valence-corrected chi connectivity index (χ4v) is 2.63. The van der Waals surface area contributed by atoms with E-state index < -0.39 is 0 Å². The molecule has 1 atom stereocenters. The van der Waals surface area contributed by atoms with Gasteiger partial charge < -0.3 is 10.6 Å². The van der Waals surface area contributed by atoms with Gasteiger partial charge in [-0.2, -0.15) is 11.8 Å². The Morgan fingerprint density at radius 2 is 1.95 bits per heavy atom. The number of amides is 1. The molecule has 0 aliphatic rings. The number of benzene rings is 1. The lowest BCUT2D eigenvalue weighted by atomic mass is 10.2. The first-order valence-electron chi connectivity index (χ1n) is 6.21. The molecule has 0 fully saturated rings. The minimum atomic E-state index is -0.386. The second-order valence-electron chi connectivity index (χ2n) is 4.43. The van der Waals surface area contributed by atoms with E-state index in [1.807, 2.05) is 13.3 Å². The Labute approximate surface area is 124 Å².